The van der Waals surface area contributed by atoms with Gasteiger partial charge in [-0.25, -0.2) is 4.98 Å². The molecule has 0 atom stereocenters. The van der Waals surface area contributed by atoms with E-state index in [0.717, 1.165) is 10.2 Å². The number of aromatic nitrogens is 1. The topological polar surface area (TPSA) is 42.0 Å². The molecule has 0 aliphatic rings. The van der Waals surface area contributed by atoms with Gasteiger partial charge in [0.15, 0.2) is 5.13 Å². The number of thiazole rings is 1. The number of carbonyl (C=O) groups is 1. The number of rotatable bonds is 3. The molecule has 7 heteroatoms. The zero-order valence-electron chi connectivity index (χ0n) is 11.5. The van der Waals surface area contributed by atoms with Gasteiger partial charge in [0, 0.05) is 21.1 Å². The van der Waals surface area contributed by atoms with Crippen molar-refractivity contribution < 1.29 is 4.79 Å². The SMILES string of the molecule is O=C(C=Cc1ccc(Cl)cc1Cl)Nc1nc2ccc(Cl)cc2s1. The first-order chi connectivity index (χ1) is 11.0. The molecule has 0 saturated heterocycles. The van der Waals surface area contributed by atoms with E-state index in [0.29, 0.717) is 25.8 Å². The van der Waals surface area contributed by atoms with Crippen LogP contribution in [0.1, 0.15) is 5.56 Å². The Balaban J connectivity index is 1.74. The molecule has 3 rings (SSSR count). The van der Waals surface area contributed by atoms with Crippen molar-refractivity contribution in [3.05, 3.63) is 63.1 Å². The highest BCUT2D eigenvalue weighted by molar-refractivity contribution is 7.22. The first-order valence-electron chi connectivity index (χ1n) is 6.51. The Labute approximate surface area is 151 Å². The van der Waals surface area contributed by atoms with Crippen LogP contribution in [0.5, 0.6) is 0 Å². The highest BCUT2D eigenvalue weighted by Gasteiger charge is 2.06. The zero-order valence-corrected chi connectivity index (χ0v) is 14.6. The van der Waals surface area contributed by atoms with Crippen LogP contribution in [-0.2, 0) is 4.79 Å². The van der Waals surface area contributed by atoms with E-state index in [1.165, 1.54) is 17.4 Å². The third kappa shape index (κ3) is 4.03. The van der Waals surface area contributed by atoms with Crippen LogP contribution in [0.3, 0.4) is 0 Å². The van der Waals surface area contributed by atoms with Crippen molar-refractivity contribution >= 4 is 73.5 Å². The summed E-state index contributed by atoms with van der Waals surface area (Å²) in [6.07, 6.45) is 3.02. The van der Waals surface area contributed by atoms with E-state index in [2.05, 4.69) is 10.3 Å². The highest BCUT2D eigenvalue weighted by Crippen LogP contribution is 2.28. The molecule has 23 heavy (non-hydrogen) atoms. The molecule has 0 radical (unpaired) electrons. The summed E-state index contributed by atoms with van der Waals surface area (Å²) in [4.78, 5) is 16.3. The smallest absolute Gasteiger partial charge is 0.250 e. The number of fused-ring (bicyclic) bond motifs is 1. The lowest BCUT2D eigenvalue weighted by molar-refractivity contribution is -0.111. The van der Waals surface area contributed by atoms with E-state index in [1.54, 1.807) is 30.3 Å². The molecule has 1 aromatic heterocycles. The summed E-state index contributed by atoms with van der Waals surface area (Å²) in [5.41, 5.74) is 1.50. The number of benzene rings is 2. The third-order valence-corrected chi connectivity index (χ3v) is 4.69. The van der Waals surface area contributed by atoms with E-state index < -0.39 is 0 Å². The second-order valence-electron chi connectivity index (χ2n) is 4.62. The molecule has 1 N–H and O–H groups in total. The Morgan fingerprint density at radius 1 is 1.09 bits per heavy atom. The predicted molar refractivity (Wildman–Crippen MR) is 98.8 cm³/mol. The van der Waals surface area contributed by atoms with Crippen LogP contribution < -0.4 is 5.32 Å². The van der Waals surface area contributed by atoms with Gasteiger partial charge in [-0.1, -0.05) is 52.2 Å². The van der Waals surface area contributed by atoms with Gasteiger partial charge in [0.25, 0.3) is 0 Å². The Kier molecular flexibility index (Phi) is 4.87. The summed E-state index contributed by atoms with van der Waals surface area (Å²) in [6.45, 7) is 0. The van der Waals surface area contributed by atoms with Gasteiger partial charge in [0.2, 0.25) is 5.91 Å². The van der Waals surface area contributed by atoms with Gasteiger partial charge in [-0.05, 0) is 42.0 Å². The normalized spacial score (nSPS) is 11.3. The maximum atomic E-state index is 12.0. The fraction of sp³-hybridized carbons (Fsp3) is 0. The van der Waals surface area contributed by atoms with Crippen molar-refractivity contribution in [2.45, 2.75) is 0 Å². The quantitative estimate of drug-likeness (QED) is 0.571. The standard InChI is InChI=1S/C16H9Cl3N2OS/c17-10-3-1-9(12(19)7-10)2-6-15(22)21-16-20-13-5-4-11(18)8-14(13)23-16/h1-8H,(H,20,21,22). The molecule has 0 fully saturated rings. The van der Waals surface area contributed by atoms with Crippen LogP contribution in [0.2, 0.25) is 15.1 Å². The number of halogens is 3. The third-order valence-electron chi connectivity index (χ3n) is 2.96. The van der Waals surface area contributed by atoms with Crippen LogP contribution in [-0.4, -0.2) is 10.9 Å². The number of hydrogen-bond acceptors (Lipinski definition) is 3. The van der Waals surface area contributed by atoms with Crippen LogP contribution in [0.25, 0.3) is 16.3 Å². The number of nitrogens with one attached hydrogen (secondary N) is 1. The Hall–Kier alpha value is -1.59. The molecule has 0 saturated carbocycles. The van der Waals surface area contributed by atoms with E-state index in [4.69, 9.17) is 34.8 Å². The van der Waals surface area contributed by atoms with Gasteiger partial charge in [-0.15, -0.1) is 0 Å². The number of nitrogens with zero attached hydrogens (tertiary/aromatic N) is 1. The minimum Gasteiger partial charge on any atom is -0.298 e. The summed E-state index contributed by atoms with van der Waals surface area (Å²) in [5.74, 6) is -0.291. The van der Waals surface area contributed by atoms with Crippen molar-refractivity contribution in [3.8, 4) is 0 Å². The molecule has 0 aliphatic heterocycles. The van der Waals surface area contributed by atoms with Crippen molar-refractivity contribution in [1.82, 2.24) is 4.98 Å². The minimum absolute atomic E-state index is 0.291. The Morgan fingerprint density at radius 2 is 1.83 bits per heavy atom. The fourth-order valence-corrected chi connectivity index (χ4v) is 3.52. The minimum atomic E-state index is -0.291. The van der Waals surface area contributed by atoms with E-state index in [1.807, 2.05) is 12.1 Å². The molecule has 116 valence electrons. The van der Waals surface area contributed by atoms with Crippen LogP contribution in [0, 0.1) is 0 Å². The van der Waals surface area contributed by atoms with Gasteiger partial charge >= 0.3 is 0 Å². The van der Waals surface area contributed by atoms with Gasteiger partial charge in [0.1, 0.15) is 0 Å². The zero-order chi connectivity index (χ0) is 16.4. The summed E-state index contributed by atoms with van der Waals surface area (Å²) in [7, 11) is 0. The lowest BCUT2D eigenvalue weighted by Gasteiger charge is -1.99. The Bertz CT molecular complexity index is 921. The molecule has 0 spiro atoms. The molecule has 1 amide bonds. The van der Waals surface area contributed by atoms with E-state index in [9.17, 15) is 4.79 Å². The number of carbonyl (C=O) groups excluding carboxylic acids is 1. The lowest BCUT2D eigenvalue weighted by Crippen LogP contribution is -2.07. The van der Waals surface area contributed by atoms with Crippen LogP contribution in [0.15, 0.2) is 42.5 Å². The van der Waals surface area contributed by atoms with Crippen LogP contribution >= 0.6 is 46.1 Å². The maximum Gasteiger partial charge on any atom is 0.250 e. The average molecular weight is 384 g/mol. The predicted octanol–water partition coefficient (Wildman–Crippen LogP) is 5.91. The molecule has 3 aromatic rings. The average Bonchev–Trinajstić information content (AvgIpc) is 2.87. The summed E-state index contributed by atoms with van der Waals surface area (Å²) in [6, 6.07) is 10.5. The first kappa shape index (κ1) is 16.3. The molecule has 3 nitrogen and oxygen atoms in total. The summed E-state index contributed by atoms with van der Waals surface area (Å²) < 4.78 is 0.914. The lowest BCUT2D eigenvalue weighted by atomic mass is 10.2. The van der Waals surface area contributed by atoms with Gasteiger partial charge in [-0.2, -0.15) is 0 Å². The molecule has 0 bridgehead atoms. The first-order valence-corrected chi connectivity index (χ1v) is 8.46. The molecular formula is C16H9Cl3N2OS. The highest BCUT2D eigenvalue weighted by atomic mass is 35.5. The van der Waals surface area contributed by atoms with Gasteiger partial charge < -0.3 is 0 Å². The van der Waals surface area contributed by atoms with Crippen LogP contribution in [0.4, 0.5) is 5.13 Å². The van der Waals surface area contributed by atoms with E-state index >= 15 is 0 Å². The number of amides is 1. The summed E-state index contributed by atoms with van der Waals surface area (Å²) in [5, 5.41) is 4.90. The van der Waals surface area contributed by atoms with Gasteiger partial charge in [-0.3, -0.25) is 10.1 Å². The van der Waals surface area contributed by atoms with Crippen molar-refractivity contribution in [1.29, 1.82) is 0 Å². The monoisotopic (exact) mass is 382 g/mol. The van der Waals surface area contributed by atoms with Crippen molar-refractivity contribution in [2.75, 3.05) is 5.32 Å². The van der Waals surface area contributed by atoms with Crippen molar-refractivity contribution in [3.63, 3.8) is 0 Å². The Morgan fingerprint density at radius 3 is 2.61 bits per heavy atom. The maximum absolute atomic E-state index is 12.0. The molecule has 0 aliphatic carbocycles. The number of anilines is 1. The summed E-state index contributed by atoms with van der Waals surface area (Å²) >= 11 is 19.2. The van der Waals surface area contributed by atoms with Gasteiger partial charge in [0.05, 0.1) is 10.2 Å². The van der Waals surface area contributed by atoms with Crippen molar-refractivity contribution in [2.24, 2.45) is 0 Å². The fourth-order valence-electron chi connectivity index (χ4n) is 1.90. The molecule has 1 heterocycles. The molecule has 2 aromatic carbocycles. The molecule has 0 unspecified atom stereocenters. The molecular weight excluding hydrogens is 375 g/mol. The number of hydrogen-bond donors (Lipinski definition) is 1. The van der Waals surface area contributed by atoms with E-state index in [-0.39, 0.29) is 5.91 Å². The second kappa shape index (κ2) is 6.89. The second-order valence-corrected chi connectivity index (χ2v) is 6.93. The largest absolute Gasteiger partial charge is 0.298 e.